The second-order valence-electron chi connectivity index (χ2n) is 8.02. The lowest BCUT2D eigenvalue weighted by molar-refractivity contribution is -0.148. The fourth-order valence-corrected chi connectivity index (χ4v) is 4.80. The van der Waals surface area contributed by atoms with Gasteiger partial charge in [-0.1, -0.05) is 13.8 Å². The molecule has 5 heteroatoms. The first-order valence-electron chi connectivity index (χ1n) is 9.39. The van der Waals surface area contributed by atoms with Crippen molar-refractivity contribution >= 4 is 5.91 Å². The van der Waals surface area contributed by atoms with Crippen LogP contribution in [0.2, 0.25) is 0 Å². The standard InChI is InChI=1S/C18H33N3O2/c1-12(2)17(20-10-13(3)23-14(4)11-20)18(22)21-15-5-6-16(21)9-19-8-7-15/h12-17,19H,5-11H2,1-4H3. The highest BCUT2D eigenvalue weighted by Crippen LogP contribution is 2.31. The van der Waals surface area contributed by atoms with Crippen molar-refractivity contribution in [3.63, 3.8) is 0 Å². The Morgan fingerprint density at radius 3 is 2.39 bits per heavy atom. The van der Waals surface area contributed by atoms with E-state index in [-0.39, 0.29) is 18.2 Å². The third kappa shape index (κ3) is 3.57. The van der Waals surface area contributed by atoms with Gasteiger partial charge < -0.3 is 15.0 Å². The highest BCUT2D eigenvalue weighted by molar-refractivity contribution is 5.83. The van der Waals surface area contributed by atoms with Gasteiger partial charge >= 0.3 is 0 Å². The molecule has 0 aromatic heterocycles. The van der Waals surface area contributed by atoms with Crippen molar-refractivity contribution in [2.24, 2.45) is 5.92 Å². The number of hydrogen-bond donors (Lipinski definition) is 1. The topological polar surface area (TPSA) is 44.8 Å². The Hall–Kier alpha value is -0.650. The molecule has 23 heavy (non-hydrogen) atoms. The van der Waals surface area contributed by atoms with Gasteiger partial charge in [0.05, 0.1) is 18.2 Å². The van der Waals surface area contributed by atoms with Crippen LogP contribution in [0, 0.1) is 5.92 Å². The van der Waals surface area contributed by atoms with E-state index in [1.807, 2.05) is 0 Å². The molecule has 3 rings (SSSR count). The lowest BCUT2D eigenvalue weighted by Crippen LogP contribution is -2.59. The summed E-state index contributed by atoms with van der Waals surface area (Å²) >= 11 is 0. The van der Waals surface area contributed by atoms with Crippen molar-refractivity contribution in [1.82, 2.24) is 15.1 Å². The Balaban J connectivity index is 1.79. The first-order chi connectivity index (χ1) is 11.0. The molecule has 5 unspecified atom stereocenters. The van der Waals surface area contributed by atoms with Gasteiger partial charge in [0.15, 0.2) is 0 Å². The molecule has 3 heterocycles. The molecule has 3 aliphatic heterocycles. The zero-order chi connectivity index (χ0) is 16.6. The molecule has 0 saturated carbocycles. The number of amides is 1. The highest BCUT2D eigenvalue weighted by Gasteiger charge is 2.43. The summed E-state index contributed by atoms with van der Waals surface area (Å²) in [7, 11) is 0. The number of carbonyl (C=O) groups is 1. The molecular formula is C18H33N3O2. The van der Waals surface area contributed by atoms with Crippen LogP contribution in [-0.4, -0.2) is 72.2 Å². The van der Waals surface area contributed by atoms with E-state index < -0.39 is 0 Å². The maximum atomic E-state index is 13.5. The molecule has 2 bridgehead atoms. The Morgan fingerprint density at radius 1 is 1.09 bits per heavy atom. The fraction of sp³-hybridized carbons (Fsp3) is 0.944. The molecule has 3 aliphatic rings. The number of morpholine rings is 1. The number of rotatable bonds is 3. The zero-order valence-corrected chi connectivity index (χ0v) is 15.1. The molecule has 1 amide bonds. The second-order valence-corrected chi connectivity index (χ2v) is 8.02. The first-order valence-corrected chi connectivity index (χ1v) is 9.39. The Morgan fingerprint density at radius 2 is 1.74 bits per heavy atom. The summed E-state index contributed by atoms with van der Waals surface area (Å²) in [6.45, 7) is 12.3. The molecule has 0 aromatic carbocycles. The Kier molecular flexibility index (Phi) is 5.29. The average Bonchev–Trinajstić information content (AvgIpc) is 2.70. The van der Waals surface area contributed by atoms with E-state index in [1.54, 1.807) is 0 Å². The van der Waals surface area contributed by atoms with E-state index >= 15 is 0 Å². The van der Waals surface area contributed by atoms with Gasteiger partial charge in [-0.25, -0.2) is 0 Å². The number of carbonyl (C=O) groups excluding carboxylic acids is 1. The van der Waals surface area contributed by atoms with Crippen LogP contribution in [0.3, 0.4) is 0 Å². The monoisotopic (exact) mass is 323 g/mol. The summed E-state index contributed by atoms with van der Waals surface area (Å²) in [4.78, 5) is 18.1. The van der Waals surface area contributed by atoms with Crippen molar-refractivity contribution in [1.29, 1.82) is 0 Å². The van der Waals surface area contributed by atoms with E-state index in [2.05, 4.69) is 42.8 Å². The second kappa shape index (κ2) is 7.08. The van der Waals surface area contributed by atoms with E-state index in [0.29, 0.717) is 23.9 Å². The number of fused-ring (bicyclic) bond motifs is 2. The zero-order valence-electron chi connectivity index (χ0n) is 15.1. The number of hydrogen-bond acceptors (Lipinski definition) is 4. The van der Waals surface area contributed by atoms with Crippen molar-refractivity contribution < 1.29 is 9.53 Å². The minimum Gasteiger partial charge on any atom is -0.373 e. The van der Waals surface area contributed by atoms with Crippen molar-refractivity contribution in [3.8, 4) is 0 Å². The van der Waals surface area contributed by atoms with Crippen molar-refractivity contribution in [2.75, 3.05) is 26.2 Å². The fourth-order valence-electron chi connectivity index (χ4n) is 4.80. The Labute approximate surface area is 140 Å². The summed E-state index contributed by atoms with van der Waals surface area (Å²) in [5.41, 5.74) is 0. The summed E-state index contributed by atoms with van der Waals surface area (Å²) in [5, 5.41) is 3.50. The van der Waals surface area contributed by atoms with Crippen molar-refractivity contribution in [2.45, 2.75) is 77.3 Å². The third-order valence-corrected chi connectivity index (χ3v) is 5.63. The van der Waals surface area contributed by atoms with Crippen LogP contribution in [0.5, 0.6) is 0 Å². The molecule has 5 atom stereocenters. The maximum absolute atomic E-state index is 13.5. The van der Waals surface area contributed by atoms with Crippen LogP contribution in [0.1, 0.15) is 47.0 Å². The summed E-state index contributed by atoms with van der Waals surface area (Å²) < 4.78 is 5.87. The molecular weight excluding hydrogens is 290 g/mol. The Bertz CT molecular complexity index is 404. The lowest BCUT2D eigenvalue weighted by Gasteiger charge is -2.43. The molecule has 3 saturated heterocycles. The summed E-state index contributed by atoms with van der Waals surface area (Å²) in [6, 6.07) is 0.830. The van der Waals surface area contributed by atoms with Gasteiger partial charge in [-0.05, 0) is 45.6 Å². The van der Waals surface area contributed by atoms with E-state index in [0.717, 1.165) is 39.0 Å². The molecule has 0 spiro atoms. The van der Waals surface area contributed by atoms with Gasteiger partial charge in [0, 0.05) is 31.7 Å². The van der Waals surface area contributed by atoms with Gasteiger partial charge in [0.25, 0.3) is 0 Å². The minimum atomic E-state index is -0.00926. The van der Waals surface area contributed by atoms with E-state index in [9.17, 15) is 4.79 Å². The third-order valence-electron chi connectivity index (χ3n) is 5.63. The first kappa shape index (κ1) is 17.2. The van der Waals surface area contributed by atoms with Crippen LogP contribution in [0.4, 0.5) is 0 Å². The SMILES string of the molecule is CC1CN(C(C(=O)N2C3CCNCC2CC3)C(C)C)CC(C)O1. The van der Waals surface area contributed by atoms with Crippen LogP contribution < -0.4 is 5.32 Å². The van der Waals surface area contributed by atoms with Crippen LogP contribution in [0.25, 0.3) is 0 Å². The minimum absolute atomic E-state index is 0.00926. The molecule has 132 valence electrons. The molecule has 0 aromatic rings. The summed E-state index contributed by atoms with van der Waals surface area (Å²) in [5.74, 6) is 0.688. The number of nitrogens with zero attached hydrogens (tertiary/aromatic N) is 2. The van der Waals surface area contributed by atoms with Crippen molar-refractivity contribution in [3.05, 3.63) is 0 Å². The number of nitrogens with one attached hydrogen (secondary N) is 1. The maximum Gasteiger partial charge on any atom is 0.240 e. The van der Waals surface area contributed by atoms with E-state index in [4.69, 9.17) is 4.74 Å². The van der Waals surface area contributed by atoms with Gasteiger partial charge in [-0.2, -0.15) is 0 Å². The smallest absolute Gasteiger partial charge is 0.240 e. The van der Waals surface area contributed by atoms with Crippen LogP contribution in [-0.2, 0) is 9.53 Å². The molecule has 1 N–H and O–H groups in total. The largest absolute Gasteiger partial charge is 0.373 e. The van der Waals surface area contributed by atoms with Crippen LogP contribution >= 0.6 is 0 Å². The number of ether oxygens (including phenoxy) is 1. The molecule has 0 aliphatic carbocycles. The predicted octanol–water partition coefficient (Wildman–Crippen LogP) is 1.47. The molecule has 3 fully saturated rings. The van der Waals surface area contributed by atoms with Gasteiger partial charge in [-0.15, -0.1) is 0 Å². The van der Waals surface area contributed by atoms with E-state index in [1.165, 1.54) is 6.42 Å². The molecule has 5 nitrogen and oxygen atoms in total. The predicted molar refractivity (Wildman–Crippen MR) is 91.4 cm³/mol. The van der Waals surface area contributed by atoms with Gasteiger partial charge in [0.2, 0.25) is 5.91 Å². The average molecular weight is 323 g/mol. The van der Waals surface area contributed by atoms with Gasteiger partial charge in [-0.3, -0.25) is 9.69 Å². The molecule has 0 radical (unpaired) electrons. The highest BCUT2D eigenvalue weighted by atomic mass is 16.5. The lowest BCUT2D eigenvalue weighted by atomic mass is 9.98. The normalized spacial score (nSPS) is 37.0. The van der Waals surface area contributed by atoms with Gasteiger partial charge in [0.1, 0.15) is 0 Å². The van der Waals surface area contributed by atoms with Crippen LogP contribution in [0.15, 0.2) is 0 Å². The summed E-state index contributed by atoms with van der Waals surface area (Å²) in [6.07, 6.45) is 3.84. The quantitative estimate of drug-likeness (QED) is 0.854.